The first-order valence-electron chi connectivity index (χ1n) is 9.64. The lowest BCUT2D eigenvalue weighted by atomic mass is 10.0. The lowest BCUT2D eigenvalue weighted by Gasteiger charge is -2.13. The van der Waals surface area contributed by atoms with Crippen molar-refractivity contribution in [2.75, 3.05) is 0 Å². The second-order valence-electron chi connectivity index (χ2n) is 7.42. The number of rotatable bonds is 4. The molecule has 0 atom stereocenters. The van der Waals surface area contributed by atoms with E-state index in [-0.39, 0.29) is 28.5 Å². The molecule has 31 heavy (non-hydrogen) atoms. The molecule has 0 aliphatic rings. The molecule has 0 unspecified atom stereocenters. The number of aryl methyl sites for hydroxylation is 1. The second-order valence-corrected chi connectivity index (χ2v) is 7.85. The van der Waals surface area contributed by atoms with Gasteiger partial charge in [0, 0.05) is 10.6 Å². The van der Waals surface area contributed by atoms with Crippen LogP contribution < -0.4 is 4.74 Å². The smallest absolute Gasteiger partial charge is 0.417 e. The fourth-order valence-corrected chi connectivity index (χ4v) is 3.53. The lowest BCUT2D eigenvalue weighted by Crippen LogP contribution is -2.08. The molecule has 0 aliphatic heterocycles. The summed E-state index contributed by atoms with van der Waals surface area (Å²) in [5.74, 6) is 0.637. The van der Waals surface area contributed by atoms with Crippen molar-refractivity contribution >= 4 is 22.6 Å². The van der Waals surface area contributed by atoms with Crippen LogP contribution in [0.3, 0.4) is 0 Å². The molecule has 0 radical (unpaired) electrons. The molecule has 4 rings (SSSR count). The summed E-state index contributed by atoms with van der Waals surface area (Å²) in [7, 11) is 0. The largest absolute Gasteiger partial charge is 0.491 e. The Kier molecular flexibility index (Phi) is 5.39. The van der Waals surface area contributed by atoms with E-state index in [2.05, 4.69) is 10.1 Å². The summed E-state index contributed by atoms with van der Waals surface area (Å²) in [6, 6.07) is 14.6. The molecule has 0 spiro atoms. The van der Waals surface area contributed by atoms with Crippen LogP contribution in [0.15, 0.2) is 54.6 Å². The lowest BCUT2D eigenvalue weighted by molar-refractivity contribution is -0.136. The maximum atomic E-state index is 14.0. The van der Waals surface area contributed by atoms with Crippen LogP contribution in [-0.2, 0) is 6.18 Å². The van der Waals surface area contributed by atoms with Gasteiger partial charge in [0.1, 0.15) is 5.75 Å². The van der Waals surface area contributed by atoms with Gasteiger partial charge >= 0.3 is 6.18 Å². The molecule has 4 nitrogen and oxygen atoms in total. The number of alkyl halides is 3. The van der Waals surface area contributed by atoms with Gasteiger partial charge in [-0.25, -0.2) is 9.67 Å². The molecule has 0 bridgehead atoms. The summed E-state index contributed by atoms with van der Waals surface area (Å²) in [5, 5.41) is 4.83. The zero-order chi connectivity index (χ0) is 22.3. The number of nitrogens with zero attached hydrogens (tertiary/aromatic N) is 3. The normalized spacial score (nSPS) is 12.0. The van der Waals surface area contributed by atoms with Crippen molar-refractivity contribution in [3.05, 3.63) is 70.9 Å². The predicted octanol–water partition coefficient (Wildman–Crippen LogP) is 6.86. The Balaban J connectivity index is 1.93. The van der Waals surface area contributed by atoms with E-state index in [0.29, 0.717) is 22.0 Å². The van der Waals surface area contributed by atoms with Crippen molar-refractivity contribution in [2.45, 2.75) is 33.1 Å². The summed E-state index contributed by atoms with van der Waals surface area (Å²) in [5.41, 5.74) is 0.925. The summed E-state index contributed by atoms with van der Waals surface area (Å²) >= 11 is 5.95. The Labute approximate surface area is 182 Å². The average molecular weight is 446 g/mol. The third kappa shape index (κ3) is 4.23. The molecule has 0 aliphatic carbocycles. The molecule has 8 heteroatoms. The van der Waals surface area contributed by atoms with E-state index < -0.39 is 11.7 Å². The molecular formula is C23H19ClF3N3O. The Hall–Kier alpha value is -3.06. The summed E-state index contributed by atoms with van der Waals surface area (Å²) in [4.78, 5) is 4.56. The number of pyridine rings is 1. The summed E-state index contributed by atoms with van der Waals surface area (Å²) < 4.78 is 48.9. The molecule has 0 saturated heterocycles. The quantitative estimate of drug-likeness (QED) is 0.344. The third-order valence-corrected chi connectivity index (χ3v) is 4.96. The molecule has 2 heterocycles. The summed E-state index contributed by atoms with van der Waals surface area (Å²) in [6.07, 6.45) is -4.57. The van der Waals surface area contributed by atoms with Gasteiger partial charge in [0.2, 0.25) is 0 Å². The van der Waals surface area contributed by atoms with Crippen molar-refractivity contribution in [3.63, 3.8) is 0 Å². The predicted molar refractivity (Wildman–Crippen MR) is 115 cm³/mol. The molecule has 0 N–H and O–H groups in total. The van der Waals surface area contributed by atoms with Crippen LogP contribution in [0.1, 0.15) is 25.1 Å². The average Bonchev–Trinajstić information content (AvgIpc) is 3.04. The highest BCUT2D eigenvalue weighted by molar-refractivity contribution is 6.30. The number of aromatic nitrogens is 3. The van der Waals surface area contributed by atoms with E-state index in [1.165, 1.54) is 4.68 Å². The zero-order valence-electron chi connectivity index (χ0n) is 17.0. The van der Waals surface area contributed by atoms with Crippen molar-refractivity contribution in [1.29, 1.82) is 0 Å². The number of hydrogen-bond acceptors (Lipinski definition) is 3. The van der Waals surface area contributed by atoms with Crippen LogP contribution in [-0.4, -0.2) is 20.9 Å². The molecule has 2 aromatic heterocycles. The van der Waals surface area contributed by atoms with Crippen molar-refractivity contribution in [3.8, 4) is 22.7 Å². The van der Waals surface area contributed by atoms with E-state index in [1.54, 1.807) is 55.5 Å². The van der Waals surface area contributed by atoms with Crippen LogP contribution in [0.2, 0.25) is 5.02 Å². The molecular weight excluding hydrogens is 427 g/mol. The Morgan fingerprint density at radius 1 is 1.00 bits per heavy atom. The molecule has 0 fully saturated rings. The van der Waals surface area contributed by atoms with E-state index in [4.69, 9.17) is 16.3 Å². The van der Waals surface area contributed by atoms with Gasteiger partial charge in [-0.15, -0.1) is 0 Å². The maximum Gasteiger partial charge on any atom is 0.417 e. The Morgan fingerprint density at radius 2 is 1.65 bits per heavy atom. The van der Waals surface area contributed by atoms with E-state index in [9.17, 15) is 13.2 Å². The Morgan fingerprint density at radius 3 is 2.23 bits per heavy atom. The van der Waals surface area contributed by atoms with E-state index in [0.717, 1.165) is 6.07 Å². The van der Waals surface area contributed by atoms with Crippen LogP contribution in [0.5, 0.6) is 5.75 Å². The SMILES string of the molecule is Cc1nn(-c2ccc(Cl)cc2)c2nc(-c3ccc(OC(C)C)cc3)cc(C(F)(F)F)c12. The van der Waals surface area contributed by atoms with E-state index in [1.807, 2.05) is 13.8 Å². The van der Waals surface area contributed by atoms with Crippen LogP contribution in [0, 0.1) is 6.92 Å². The van der Waals surface area contributed by atoms with Crippen molar-refractivity contribution in [1.82, 2.24) is 14.8 Å². The monoisotopic (exact) mass is 445 g/mol. The standard InChI is InChI=1S/C23H19ClF3N3O/c1-13(2)31-18-10-4-15(5-11-18)20-12-19(23(25,26)27)21-14(3)29-30(22(21)28-20)17-8-6-16(24)7-9-17/h4-13H,1-3H3. The minimum Gasteiger partial charge on any atom is -0.491 e. The molecule has 0 amide bonds. The topological polar surface area (TPSA) is 39.9 Å². The molecule has 2 aromatic carbocycles. The fourth-order valence-electron chi connectivity index (χ4n) is 3.40. The highest BCUT2D eigenvalue weighted by atomic mass is 35.5. The maximum absolute atomic E-state index is 14.0. The minimum atomic E-state index is -4.56. The van der Waals surface area contributed by atoms with Gasteiger partial charge in [0.05, 0.1) is 34.1 Å². The van der Waals surface area contributed by atoms with Crippen LogP contribution in [0.4, 0.5) is 13.2 Å². The van der Waals surface area contributed by atoms with Gasteiger partial charge in [-0.2, -0.15) is 18.3 Å². The number of hydrogen-bond donors (Lipinski definition) is 0. The first kappa shape index (κ1) is 21.2. The number of ether oxygens (including phenoxy) is 1. The number of benzene rings is 2. The molecule has 0 saturated carbocycles. The van der Waals surface area contributed by atoms with Gasteiger partial charge in [-0.1, -0.05) is 11.6 Å². The highest BCUT2D eigenvalue weighted by Crippen LogP contribution is 2.39. The zero-order valence-corrected chi connectivity index (χ0v) is 17.8. The Bertz CT molecular complexity index is 1230. The number of halogens is 4. The minimum absolute atomic E-state index is 0.00569. The summed E-state index contributed by atoms with van der Waals surface area (Å²) in [6.45, 7) is 5.35. The third-order valence-electron chi connectivity index (χ3n) is 4.71. The molecule has 4 aromatic rings. The van der Waals surface area contributed by atoms with Gasteiger partial charge in [-0.05, 0) is 75.4 Å². The van der Waals surface area contributed by atoms with Gasteiger partial charge in [0.25, 0.3) is 0 Å². The van der Waals surface area contributed by atoms with Crippen molar-refractivity contribution in [2.24, 2.45) is 0 Å². The second kappa shape index (κ2) is 7.89. The van der Waals surface area contributed by atoms with Gasteiger partial charge in [-0.3, -0.25) is 0 Å². The first-order chi connectivity index (χ1) is 14.6. The van der Waals surface area contributed by atoms with Gasteiger partial charge in [0.15, 0.2) is 5.65 Å². The van der Waals surface area contributed by atoms with Gasteiger partial charge < -0.3 is 4.74 Å². The highest BCUT2D eigenvalue weighted by Gasteiger charge is 2.35. The van der Waals surface area contributed by atoms with Crippen molar-refractivity contribution < 1.29 is 17.9 Å². The first-order valence-corrected chi connectivity index (χ1v) is 10.0. The van der Waals surface area contributed by atoms with Crippen LogP contribution in [0.25, 0.3) is 28.0 Å². The number of fused-ring (bicyclic) bond motifs is 1. The van der Waals surface area contributed by atoms with E-state index >= 15 is 0 Å². The van der Waals surface area contributed by atoms with Crippen LogP contribution >= 0.6 is 11.6 Å². The molecule has 160 valence electrons. The fraction of sp³-hybridized carbons (Fsp3) is 0.217.